The van der Waals surface area contributed by atoms with Crippen LogP contribution >= 0.6 is 0 Å². The number of carbonyl (C=O) groups excluding carboxylic acids is 1. The Bertz CT molecular complexity index is 1050. The zero-order valence-electron chi connectivity index (χ0n) is 19.6. The topological polar surface area (TPSA) is 53.0 Å². The first-order chi connectivity index (χ1) is 16.8. The lowest BCUT2D eigenvalue weighted by Gasteiger charge is -2.39. The van der Waals surface area contributed by atoms with E-state index in [0.29, 0.717) is 5.92 Å². The first-order valence-corrected chi connectivity index (χ1v) is 12.5. The maximum atomic E-state index is 13.5. The number of piperidine rings is 2. The van der Waals surface area contributed by atoms with Crippen molar-refractivity contribution in [3.05, 3.63) is 53.6 Å². The molecule has 2 bridgehead atoms. The summed E-state index contributed by atoms with van der Waals surface area (Å²) in [5.74, 6) is 0.515. The number of aliphatic hydroxyl groups excluding tert-OH is 1. The van der Waals surface area contributed by atoms with Crippen molar-refractivity contribution in [1.82, 2.24) is 9.80 Å². The van der Waals surface area contributed by atoms with Gasteiger partial charge >= 0.3 is 6.36 Å². The highest BCUT2D eigenvalue weighted by Crippen LogP contribution is 2.50. The average Bonchev–Trinajstić information content (AvgIpc) is 3.13. The van der Waals surface area contributed by atoms with Crippen LogP contribution in [0.2, 0.25) is 0 Å². The number of hydrogen-bond donors (Lipinski definition) is 1. The van der Waals surface area contributed by atoms with Gasteiger partial charge < -0.3 is 19.6 Å². The van der Waals surface area contributed by atoms with Gasteiger partial charge in [-0.15, -0.1) is 13.2 Å². The molecule has 2 aliphatic heterocycles. The molecule has 3 aliphatic rings. The van der Waals surface area contributed by atoms with Crippen LogP contribution in [0, 0.1) is 5.92 Å². The molecule has 2 fully saturated rings. The second-order valence-electron chi connectivity index (χ2n) is 9.88. The molecule has 2 atom stereocenters. The number of ether oxygens (including phenoxy) is 1. The van der Waals surface area contributed by atoms with Crippen molar-refractivity contribution >= 4 is 5.91 Å². The fraction of sp³-hybridized carbons (Fsp3) is 0.519. The Morgan fingerprint density at radius 3 is 2.37 bits per heavy atom. The largest absolute Gasteiger partial charge is 0.573 e. The number of nitrogens with zero attached hydrogens (tertiary/aromatic N) is 2. The first kappa shape index (κ1) is 24.1. The Hall–Kier alpha value is -2.58. The molecular formula is C27H31F3N2O3. The Kier molecular flexibility index (Phi) is 6.77. The van der Waals surface area contributed by atoms with Crippen molar-refractivity contribution in [1.29, 1.82) is 0 Å². The summed E-state index contributed by atoms with van der Waals surface area (Å²) >= 11 is 0. The lowest BCUT2D eigenvalue weighted by atomic mass is 9.91. The smallest absolute Gasteiger partial charge is 0.406 e. The van der Waals surface area contributed by atoms with Crippen LogP contribution in [0.25, 0.3) is 11.1 Å². The fourth-order valence-electron chi connectivity index (χ4n) is 6.00. The van der Waals surface area contributed by atoms with Gasteiger partial charge in [-0.25, -0.2) is 0 Å². The highest BCUT2D eigenvalue weighted by Gasteiger charge is 2.42. The zero-order valence-corrected chi connectivity index (χ0v) is 19.6. The van der Waals surface area contributed by atoms with E-state index in [9.17, 15) is 18.0 Å². The average molecular weight is 489 g/mol. The second kappa shape index (κ2) is 9.82. The number of rotatable bonds is 6. The van der Waals surface area contributed by atoms with Gasteiger partial charge in [0, 0.05) is 25.6 Å². The van der Waals surface area contributed by atoms with Gasteiger partial charge in [0.15, 0.2) is 0 Å². The lowest BCUT2D eigenvalue weighted by Crippen LogP contribution is -2.45. The molecule has 0 saturated carbocycles. The maximum absolute atomic E-state index is 13.5. The predicted octanol–water partition coefficient (Wildman–Crippen LogP) is 5.11. The molecule has 8 heteroatoms. The van der Waals surface area contributed by atoms with E-state index in [0.717, 1.165) is 69.4 Å². The van der Waals surface area contributed by atoms with Crippen LogP contribution in [0.5, 0.6) is 5.75 Å². The standard InChI is InChI=1S/C27H31F3N2O3/c28-27(29,30)35-22-5-2-18(3-6-22)20-4-7-23-21-10-14-32(25(17-21)24(23)16-20)26(34)19-8-12-31(13-9-19)11-1-15-33/h2-7,16,19,21,25,33H,1,8-15,17H2/t21-,25?/m1/s1. The number of aliphatic hydroxyl groups is 1. The highest BCUT2D eigenvalue weighted by molar-refractivity contribution is 5.80. The van der Waals surface area contributed by atoms with Gasteiger partial charge in [0.05, 0.1) is 6.04 Å². The van der Waals surface area contributed by atoms with Gasteiger partial charge in [-0.05, 0) is 91.6 Å². The van der Waals surface area contributed by atoms with Crippen LogP contribution in [0.15, 0.2) is 42.5 Å². The van der Waals surface area contributed by atoms with E-state index in [1.807, 2.05) is 6.07 Å². The Morgan fingerprint density at radius 2 is 1.69 bits per heavy atom. The zero-order chi connectivity index (χ0) is 24.6. The molecule has 5 rings (SSSR count). The van der Waals surface area contributed by atoms with E-state index < -0.39 is 6.36 Å². The molecule has 2 heterocycles. The number of fused-ring (bicyclic) bond motifs is 5. The van der Waals surface area contributed by atoms with Crippen molar-refractivity contribution in [2.24, 2.45) is 5.92 Å². The Balaban J connectivity index is 1.30. The predicted molar refractivity (Wildman–Crippen MR) is 126 cm³/mol. The van der Waals surface area contributed by atoms with E-state index in [1.165, 1.54) is 23.3 Å². The molecule has 1 amide bonds. The minimum absolute atomic E-state index is 0.0466. The third-order valence-corrected chi connectivity index (χ3v) is 7.76. The van der Waals surface area contributed by atoms with Crippen LogP contribution < -0.4 is 4.74 Å². The summed E-state index contributed by atoms with van der Waals surface area (Å²) in [6.07, 6.45) is -0.317. The number of amides is 1. The molecular weight excluding hydrogens is 457 g/mol. The first-order valence-electron chi connectivity index (χ1n) is 12.5. The Morgan fingerprint density at radius 1 is 0.971 bits per heavy atom. The number of carbonyl (C=O) groups is 1. The van der Waals surface area contributed by atoms with E-state index >= 15 is 0 Å². The lowest BCUT2D eigenvalue weighted by molar-refractivity contribution is -0.274. The van der Waals surface area contributed by atoms with Gasteiger partial charge in [0.1, 0.15) is 5.75 Å². The third-order valence-electron chi connectivity index (χ3n) is 7.76. The van der Waals surface area contributed by atoms with Gasteiger partial charge in [0.25, 0.3) is 0 Å². The molecule has 0 spiro atoms. The number of hydrogen-bond acceptors (Lipinski definition) is 4. The molecule has 2 aromatic rings. The van der Waals surface area contributed by atoms with Crippen molar-refractivity contribution in [2.45, 2.75) is 50.4 Å². The molecule has 2 aromatic carbocycles. The molecule has 5 nitrogen and oxygen atoms in total. The van der Waals surface area contributed by atoms with Gasteiger partial charge in [-0.2, -0.15) is 0 Å². The summed E-state index contributed by atoms with van der Waals surface area (Å²) < 4.78 is 41.4. The molecule has 188 valence electrons. The SMILES string of the molecule is O=C(C1CCN(CCCO)CC1)N1CC[C@@H]2CC1c1cc(-c3ccc(OC(F)(F)F)cc3)ccc12. The van der Waals surface area contributed by atoms with Crippen LogP contribution in [-0.2, 0) is 4.79 Å². The summed E-state index contributed by atoms with van der Waals surface area (Å²) in [6.45, 7) is 3.64. The second-order valence-corrected chi connectivity index (χ2v) is 9.88. The summed E-state index contributed by atoms with van der Waals surface area (Å²) in [5.41, 5.74) is 4.22. The molecule has 0 radical (unpaired) electrons. The van der Waals surface area contributed by atoms with Crippen molar-refractivity contribution in [3.63, 3.8) is 0 Å². The molecule has 35 heavy (non-hydrogen) atoms. The monoisotopic (exact) mass is 488 g/mol. The van der Waals surface area contributed by atoms with E-state index in [1.54, 1.807) is 12.1 Å². The third kappa shape index (κ3) is 5.19. The Labute approximate surface area is 203 Å². The summed E-state index contributed by atoms with van der Waals surface area (Å²) in [5, 5.41) is 9.06. The van der Waals surface area contributed by atoms with Crippen molar-refractivity contribution < 1.29 is 27.8 Å². The quantitative estimate of drug-likeness (QED) is 0.614. The normalized spacial score (nSPS) is 22.8. The minimum Gasteiger partial charge on any atom is -0.406 e. The highest BCUT2D eigenvalue weighted by atomic mass is 19.4. The minimum atomic E-state index is -4.71. The van der Waals surface area contributed by atoms with Crippen molar-refractivity contribution in [3.8, 4) is 16.9 Å². The molecule has 1 unspecified atom stereocenters. The fourth-order valence-corrected chi connectivity index (χ4v) is 6.00. The summed E-state index contributed by atoms with van der Waals surface area (Å²) in [4.78, 5) is 18.0. The van der Waals surface area contributed by atoms with E-state index in [2.05, 4.69) is 26.7 Å². The van der Waals surface area contributed by atoms with Crippen LogP contribution in [0.1, 0.15) is 55.2 Å². The van der Waals surface area contributed by atoms with Crippen LogP contribution in [0.4, 0.5) is 13.2 Å². The number of halogens is 3. The molecule has 1 N–H and O–H groups in total. The van der Waals surface area contributed by atoms with Crippen LogP contribution in [-0.4, -0.2) is 60.0 Å². The number of likely N-dealkylation sites (tertiary alicyclic amines) is 2. The van der Waals surface area contributed by atoms with E-state index in [4.69, 9.17) is 5.11 Å². The van der Waals surface area contributed by atoms with E-state index in [-0.39, 0.29) is 30.2 Å². The van der Waals surface area contributed by atoms with Gasteiger partial charge in [0.2, 0.25) is 5.91 Å². The van der Waals surface area contributed by atoms with Gasteiger partial charge in [-0.3, -0.25) is 4.79 Å². The van der Waals surface area contributed by atoms with Crippen LogP contribution in [0.3, 0.4) is 0 Å². The van der Waals surface area contributed by atoms with Gasteiger partial charge in [-0.1, -0.05) is 24.3 Å². The van der Waals surface area contributed by atoms with Crippen molar-refractivity contribution in [2.75, 3.05) is 32.8 Å². The summed E-state index contributed by atoms with van der Waals surface area (Å²) in [7, 11) is 0. The summed E-state index contributed by atoms with van der Waals surface area (Å²) in [6, 6.07) is 12.3. The molecule has 1 aliphatic carbocycles. The molecule has 0 aromatic heterocycles. The maximum Gasteiger partial charge on any atom is 0.573 e. The number of benzene rings is 2. The molecule has 2 saturated heterocycles. The number of alkyl halides is 3.